The molecule has 0 unspecified atom stereocenters. The quantitative estimate of drug-likeness (QED) is 0.789. The molecule has 20 heavy (non-hydrogen) atoms. The summed E-state index contributed by atoms with van der Waals surface area (Å²) in [5.41, 5.74) is 4.08. The van der Waals surface area contributed by atoms with Crippen LogP contribution in [0.15, 0.2) is 42.5 Å². The molecule has 2 aromatic carbocycles. The van der Waals surface area contributed by atoms with E-state index in [2.05, 4.69) is 16.0 Å². The number of fused-ring (bicyclic) bond motifs is 1. The van der Waals surface area contributed by atoms with E-state index in [9.17, 15) is 0 Å². The molecule has 0 radical (unpaired) electrons. The first kappa shape index (κ1) is 12.7. The Kier molecular flexibility index (Phi) is 3.39. The molecule has 0 saturated carbocycles. The molecule has 0 amide bonds. The Bertz CT molecular complexity index is 734. The summed E-state index contributed by atoms with van der Waals surface area (Å²) in [6.07, 6.45) is 0. The summed E-state index contributed by atoms with van der Waals surface area (Å²) < 4.78 is 10.4. The van der Waals surface area contributed by atoms with Crippen LogP contribution in [0, 0.1) is 0 Å². The molecule has 0 aliphatic heterocycles. The molecule has 4 nitrogen and oxygen atoms in total. The van der Waals surface area contributed by atoms with Gasteiger partial charge in [-0.2, -0.15) is 0 Å². The van der Waals surface area contributed by atoms with E-state index in [4.69, 9.17) is 9.47 Å². The van der Waals surface area contributed by atoms with Crippen molar-refractivity contribution >= 4 is 11.0 Å². The fraction of sp³-hybridized carbons (Fsp3) is 0.188. The summed E-state index contributed by atoms with van der Waals surface area (Å²) in [7, 11) is 3.35. The molecule has 1 N–H and O–H groups in total. The lowest BCUT2D eigenvalue weighted by Crippen LogP contribution is -1.88. The van der Waals surface area contributed by atoms with Gasteiger partial charge in [-0.25, -0.2) is 4.98 Å². The van der Waals surface area contributed by atoms with E-state index in [0.717, 1.165) is 33.7 Å². The Labute approximate surface area is 117 Å². The van der Waals surface area contributed by atoms with Crippen molar-refractivity contribution < 1.29 is 9.47 Å². The van der Waals surface area contributed by atoms with Gasteiger partial charge in [-0.3, -0.25) is 0 Å². The number of ether oxygens (including phenoxy) is 2. The number of hydrogen-bond acceptors (Lipinski definition) is 3. The zero-order chi connectivity index (χ0) is 13.9. The molecule has 0 fully saturated rings. The Morgan fingerprint density at radius 1 is 1.10 bits per heavy atom. The van der Waals surface area contributed by atoms with Crippen molar-refractivity contribution in [2.45, 2.75) is 6.61 Å². The Balaban J connectivity index is 2.03. The maximum atomic E-state index is 5.22. The number of H-pyrrole nitrogens is 1. The molecule has 0 aliphatic rings. The number of rotatable bonds is 4. The Morgan fingerprint density at radius 3 is 2.80 bits per heavy atom. The number of hydrogen-bond donors (Lipinski definition) is 1. The fourth-order valence-electron chi connectivity index (χ4n) is 2.23. The predicted octanol–water partition coefficient (Wildman–Crippen LogP) is 3.38. The number of aromatic nitrogens is 2. The van der Waals surface area contributed by atoms with E-state index in [1.54, 1.807) is 14.2 Å². The predicted molar refractivity (Wildman–Crippen MR) is 78.8 cm³/mol. The molecule has 0 saturated heterocycles. The van der Waals surface area contributed by atoms with E-state index < -0.39 is 0 Å². The van der Waals surface area contributed by atoms with Crippen molar-refractivity contribution in [3.63, 3.8) is 0 Å². The number of nitrogens with one attached hydrogen (secondary N) is 1. The van der Waals surface area contributed by atoms with Gasteiger partial charge in [0, 0.05) is 18.7 Å². The molecule has 4 heteroatoms. The number of benzene rings is 2. The van der Waals surface area contributed by atoms with Crippen LogP contribution in [0.3, 0.4) is 0 Å². The summed E-state index contributed by atoms with van der Waals surface area (Å²) in [6.45, 7) is 0.599. The number of nitrogens with zero attached hydrogens (tertiary/aromatic N) is 1. The normalized spacial score (nSPS) is 10.9. The van der Waals surface area contributed by atoms with Gasteiger partial charge >= 0.3 is 0 Å². The molecule has 0 aliphatic carbocycles. The number of methoxy groups -OCH3 is 2. The van der Waals surface area contributed by atoms with Gasteiger partial charge in [0.05, 0.1) is 24.8 Å². The third-order valence-electron chi connectivity index (χ3n) is 3.20. The molecule has 0 bridgehead atoms. The van der Waals surface area contributed by atoms with Crippen molar-refractivity contribution in [1.29, 1.82) is 0 Å². The summed E-state index contributed by atoms with van der Waals surface area (Å²) in [4.78, 5) is 7.93. The summed E-state index contributed by atoms with van der Waals surface area (Å²) in [5, 5.41) is 0. The van der Waals surface area contributed by atoms with E-state index in [0.29, 0.717) is 6.61 Å². The summed E-state index contributed by atoms with van der Waals surface area (Å²) in [5.74, 6) is 1.67. The maximum Gasteiger partial charge on any atom is 0.138 e. The first-order chi connectivity index (χ1) is 9.80. The number of aromatic amines is 1. The van der Waals surface area contributed by atoms with Gasteiger partial charge in [0.25, 0.3) is 0 Å². The molecule has 1 heterocycles. The molecular formula is C16H16N2O2. The average molecular weight is 268 g/mol. The number of imidazole rings is 1. The van der Waals surface area contributed by atoms with Gasteiger partial charge < -0.3 is 14.5 Å². The lowest BCUT2D eigenvalue weighted by atomic mass is 10.1. The highest BCUT2D eigenvalue weighted by Gasteiger charge is 2.06. The molecule has 3 rings (SSSR count). The van der Waals surface area contributed by atoms with Crippen LogP contribution in [0.5, 0.6) is 5.75 Å². The molecule has 102 valence electrons. The Morgan fingerprint density at radius 2 is 2.00 bits per heavy atom. The topological polar surface area (TPSA) is 47.1 Å². The molecule has 0 spiro atoms. The SMILES string of the molecule is COCc1cccc(-c2nc3ccc(OC)cc3[nH]2)c1. The minimum absolute atomic E-state index is 0.599. The molecular weight excluding hydrogens is 252 g/mol. The zero-order valence-corrected chi connectivity index (χ0v) is 11.5. The minimum Gasteiger partial charge on any atom is -0.497 e. The van der Waals surface area contributed by atoms with Crippen molar-refractivity contribution in [2.24, 2.45) is 0 Å². The van der Waals surface area contributed by atoms with Crippen LogP contribution in [0.25, 0.3) is 22.4 Å². The van der Waals surface area contributed by atoms with Crippen LogP contribution in [-0.2, 0) is 11.3 Å². The van der Waals surface area contributed by atoms with Gasteiger partial charge in [-0.05, 0) is 23.8 Å². The van der Waals surface area contributed by atoms with E-state index in [-0.39, 0.29) is 0 Å². The van der Waals surface area contributed by atoms with E-state index >= 15 is 0 Å². The Hall–Kier alpha value is -2.33. The van der Waals surface area contributed by atoms with Crippen LogP contribution in [0.1, 0.15) is 5.56 Å². The second kappa shape index (κ2) is 5.35. The van der Waals surface area contributed by atoms with Gasteiger partial charge in [0.1, 0.15) is 11.6 Å². The monoisotopic (exact) mass is 268 g/mol. The standard InChI is InChI=1S/C16H16N2O2/c1-19-10-11-4-3-5-12(8-11)16-17-14-7-6-13(20-2)9-15(14)18-16/h3-9H,10H2,1-2H3,(H,17,18). The van der Waals surface area contributed by atoms with Gasteiger partial charge in [0.2, 0.25) is 0 Å². The van der Waals surface area contributed by atoms with Gasteiger partial charge in [-0.1, -0.05) is 18.2 Å². The molecule has 3 aromatic rings. The zero-order valence-electron chi connectivity index (χ0n) is 11.5. The van der Waals surface area contributed by atoms with E-state index in [1.807, 2.05) is 36.4 Å². The van der Waals surface area contributed by atoms with Crippen LogP contribution >= 0.6 is 0 Å². The highest BCUT2D eigenvalue weighted by atomic mass is 16.5. The van der Waals surface area contributed by atoms with Crippen LogP contribution in [-0.4, -0.2) is 24.2 Å². The van der Waals surface area contributed by atoms with Crippen molar-refractivity contribution in [2.75, 3.05) is 14.2 Å². The first-order valence-corrected chi connectivity index (χ1v) is 6.42. The molecule has 1 aromatic heterocycles. The van der Waals surface area contributed by atoms with Crippen LogP contribution < -0.4 is 4.74 Å². The second-order valence-corrected chi connectivity index (χ2v) is 4.60. The van der Waals surface area contributed by atoms with E-state index in [1.165, 1.54) is 0 Å². The second-order valence-electron chi connectivity index (χ2n) is 4.60. The van der Waals surface area contributed by atoms with Crippen molar-refractivity contribution in [3.05, 3.63) is 48.0 Å². The van der Waals surface area contributed by atoms with Crippen LogP contribution in [0.2, 0.25) is 0 Å². The molecule has 0 atom stereocenters. The van der Waals surface area contributed by atoms with Gasteiger partial charge in [0.15, 0.2) is 0 Å². The highest BCUT2D eigenvalue weighted by molar-refractivity contribution is 5.80. The van der Waals surface area contributed by atoms with Crippen molar-refractivity contribution in [3.8, 4) is 17.1 Å². The third-order valence-corrected chi connectivity index (χ3v) is 3.20. The lowest BCUT2D eigenvalue weighted by Gasteiger charge is -2.01. The first-order valence-electron chi connectivity index (χ1n) is 6.42. The average Bonchev–Trinajstić information content (AvgIpc) is 2.90. The third kappa shape index (κ3) is 2.38. The summed E-state index contributed by atoms with van der Waals surface area (Å²) >= 11 is 0. The smallest absolute Gasteiger partial charge is 0.138 e. The van der Waals surface area contributed by atoms with Crippen LogP contribution in [0.4, 0.5) is 0 Å². The maximum absolute atomic E-state index is 5.22. The minimum atomic E-state index is 0.599. The lowest BCUT2D eigenvalue weighted by molar-refractivity contribution is 0.185. The van der Waals surface area contributed by atoms with Gasteiger partial charge in [-0.15, -0.1) is 0 Å². The van der Waals surface area contributed by atoms with Crippen molar-refractivity contribution in [1.82, 2.24) is 9.97 Å². The highest BCUT2D eigenvalue weighted by Crippen LogP contribution is 2.24. The summed E-state index contributed by atoms with van der Waals surface area (Å²) in [6, 6.07) is 14.0. The largest absolute Gasteiger partial charge is 0.497 e. The fourth-order valence-corrected chi connectivity index (χ4v) is 2.23.